The van der Waals surface area contributed by atoms with Gasteiger partial charge in [-0.15, -0.1) is 10.2 Å². The number of hydrogen-bond acceptors (Lipinski definition) is 8. The summed E-state index contributed by atoms with van der Waals surface area (Å²) in [5.41, 5.74) is 3.04. The first kappa shape index (κ1) is 19.0. The van der Waals surface area contributed by atoms with Crippen molar-refractivity contribution in [1.82, 2.24) is 30.5 Å². The largest absolute Gasteiger partial charge is 0.489 e. The molecule has 0 radical (unpaired) electrons. The van der Waals surface area contributed by atoms with Crippen molar-refractivity contribution in [3.05, 3.63) is 36.5 Å². The third kappa shape index (κ3) is 3.43. The molecule has 2 aliphatic heterocycles. The molecular weight excluding hydrogens is 402 g/mol. The van der Waals surface area contributed by atoms with Crippen molar-refractivity contribution < 1.29 is 19.1 Å². The molecular formula is C20H19N7O4. The number of rotatable bonds is 4. The monoisotopic (exact) mass is 421 g/mol. The number of aryl methyl sites for hydroxylation is 1. The van der Waals surface area contributed by atoms with Crippen LogP contribution in [0.3, 0.4) is 0 Å². The Hall–Kier alpha value is -4.02. The van der Waals surface area contributed by atoms with E-state index in [1.165, 1.54) is 11.7 Å². The number of anilines is 1. The summed E-state index contributed by atoms with van der Waals surface area (Å²) >= 11 is 0. The maximum atomic E-state index is 12.5. The first-order valence-electron chi connectivity index (χ1n) is 9.71. The van der Waals surface area contributed by atoms with Crippen molar-refractivity contribution in [3.8, 4) is 28.4 Å². The molecule has 1 fully saturated rings. The number of cyclic esters (lactones) is 1. The number of nitrogens with one attached hydrogen (secondary N) is 1. The van der Waals surface area contributed by atoms with Gasteiger partial charge in [0.2, 0.25) is 11.7 Å². The lowest BCUT2D eigenvalue weighted by Gasteiger charge is -2.31. The Balaban J connectivity index is 1.38. The molecule has 11 nitrogen and oxygen atoms in total. The van der Waals surface area contributed by atoms with E-state index in [-0.39, 0.29) is 25.1 Å². The first-order chi connectivity index (χ1) is 15.0. The molecule has 1 N–H and O–H groups in total. The maximum Gasteiger partial charge on any atom is 0.415 e. The number of carbonyl (C=O) groups is 2. The zero-order valence-electron chi connectivity index (χ0n) is 16.8. The summed E-state index contributed by atoms with van der Waals surface area (Å²) in [6.45, 7) is 1.95. The summed E-state index contributed by atoms with van der Waals surface area (Å²) in [4.78, 5) is 31.1. The minimum atomic E-state index is -0.462. The highest BCUT2D eigenvalue weighted by Gasteiger charge is 2.46. The van der Waals surface area contributed by atoms with Crippen LogP contribution in [0.15, 0.2) is 36.5 Å². The van der Waals surface area contributed by atoms with Crippen LogP contribution in [0.2, 0.25) is 0 Å². The standard InChI is InChI=1S/C20H19N7O4/c1-11(28)21-9-18-16-10-30-17-7-12(4-6-15(17)27(16)20(29)31-18)13-3-5-14(22-8-13)19-23-25-26(2)24-19/h3-8,16,18H,9-10H2,1-2H3,(H,21,28)/t16-,18-/m0/s1. The van der Waals surface area contributed by atoms with Crippen LogP contribution in [0, 0.1) is 0 Å². The van der Waals surface area contributed by atoms with Crippen LogP contribution >= 0.6 is 0 Å². The molecule has 0 spiro atoms. The molecule has 5 rings (SSSR count). The second-order valence-electron chi connectivity index (χ2n) is 7.32. The number of nitrogens with zero attached hydrogens (tertiary/aromatic N) is 6. The second-order valence-corrected chi connectivity index (χ2v) is 7.32. The van der Waals surface area contributed by atoms with Gasteiger partial charge in [-0.1, -0.05) is 12.1 Å². The minimum Gasteiger partial charge on any atom is -0.489 e. The lowest BCUT2D eigenvalue weighted by Crippen LogP contribution is -2.47. The van der Waals surface area contributed by atoms with Crippen molar-refractivity contribution >= 4 is 17.7 Å². The molecule has 2 aliphatic rings. The van der Waals surface area contributed by atoms with Crippen LogP contribution in [0.5, 0.6) is 5.75 Å². The summed E-state index contributed by atoms with van der Waals surface area (Å²) in [6, 6.07) is 9.05. The topological polar surface area (TPSA) is 124 Å². The average Bonchev–Trinajstić information content (AvgIpc) is 3.35. The molecule has 3 aromatic rings. The Kier molecular flexibility index (Phi) is 4.50. The lowest BCUT2D eigenvalue weighted by atomic mass is 10.0. The highest BCUT2D eigenvalue weighted by Crippen LogP contribution is 2.41. The average molecular weight is 421 g/mol. The van der Waals surface area contributed by atoms with Crippen LogP contribution in [0.25, 0.3) is 22.6 Å². The van der Waals surface area contributed by atoms with Crippen molar-refractivity contribution in [3.63, 3.8) is 0 Å². The SMILES string of the molecule is CC(=O)NC[C@@H]1OC(=O)N2c3ccc(-c4ccc(-c5nnn(C)n5)nc4)cc3OC[C@@H]12. The predicted octanol–water partition coefficient (Wildman–Crippen LogP) is 1.16. The molecule has 0 bridgehead atoms. The Bertz CT molecular complexity index is 1160. The van der Waals surface area contributed by atoms with Gasteiger partial charge in [0.05, 0.1) is 19.3 Å². The molecule has 1 aromatic carbocycles. The summed E-state index contributed by atoms with van der Waals surface area (Å²) in [6.07, 6.45) is 0.822. The lowest BCUT2D eigenvalue weighted by molar-refractivity contribution is -0.119. The highest BCUT2D eigenvalue weighted by molar-refractivity contribution is 5.94. The number of carbonyl (C=O) groups excluding carboxylic acids is 2. The van der Waals surface area contributed by atoms with E-state index >= 15 is 0 Å². The zero-order valence-corrected chi connectivity index (χ0v) is 16.8. The first-order valence-corrected chi connectivity index (χ1v) is 9.71. The quantitative estimate of drug-likeness (QED) is 0.666. The highest BCUT2D eigenvalue weighted by atomic mass is 16.6. The van der Waals surface area contributed by atoms with Gasteiger partial charge in [0.1, 0.15) is 30.2 Å². The van der Waals surface area contributed by atoms with Gasteiger partial charge in [0.25, 0.3) is 0 Å². The second kappa shape index (κ2) is 7.35. The van der Waals surface area contributed by atoms with E-state index in [4.69, 9.17) is 9.47 Å². The molecule has 1 saturated heterocycles. The van der Waals surface area contributed by atoms with Crippen molar-refractivity contribution in [1.29, 1.82) is 0 Å². The molecule has 0 unspecified atom stereocenters. The minimum absolute atomic E-state index is 0.175. The molecule has 0 saturated carbocycles. The number of ether oxygens (including phenoxy) is 2. The maximum absolute atomic E-state index is 12.5. The zero-order chi connectivity index (χ0) is 21.5. The van der Waals surface area contributed by atoms with Crippen LogP contribution in [0.4, 0.5) is 10.5 Å². The van der Waals surface area contributed by atoms with Crippen molar-refractivity contribution in [2.45, 2.75) is 19.1 Å². The summed E-state index contributed by atoms with van der Waals surface area (Å²) in [5.74, 6) is 0.867. The van der Waals surface area contributed by atoms with E-state index in [2.05, 4.69) is 25.7 Å². The van der Waals surface area contributed by atoms with Crippen LogP contribution in [-0.2, 0) is 16.6 Å². The molecule has 0 aliphatic carbocycles. The Morgan fingerprint density at radius 3 is 2.81 bits per heavy atom. The number of fused-ring (bicyclic) bond motifs is 3. The molecule has 158 valence electrons. The number of amides is 2. The number of benzene rings is 1. The van der Waals surface area contributed by atoms with E-state index in [1.54, 1.807) is 18.1 Å². The van der Waals surface area contributed by atoms with Gasteiger partial charge in [-0.2, -0.15) is 4.80 Å². The van der Waals surface area contributed by atoms with Gasteiger partial charge in [0.15, 0.2) is 0 Å². The third-order valence-corrected chi connectivity index (χ3v) is 5.23. The van der Waals surface area contributed by atoms with E-state index in [0.29, 0.717) is 23.0 Å². The van der Waals surface area contributed by atoms with Crippen molar-refractivity contribution in [2.75, 3.05) is 18.1 Å². The Labute approximate surface area is 177 Å². The normalized spacial score (nSPS) is 19.3. The van der Waals surface area contributed by atoms with E-state index < -0.39 is 12.2 Å². The summed E-state index contributed by atoms with van der Waals surface area (Å²) < 4.78 is 11.4. The summed E-state index contributed by atoms with van der Waals surface area (Å²) in [5, 5.41) is 14.6. The van der Waals surface area contributed by atoms with Crippen LogP contribution < -0.4 is 15.0 Å². The van der Waals surface area contributed by atoms with Gasteiger partial charge < -0.3 is 14.8 Å². The van der Waals surface area contributed by atoms with E-state index in [9.17, 15) is 9.59 Å². The fourth-order valence-electron chi connectivity index (χ4n) is 3.71. The number of hydrogen-bond donors (Lipinski definition) is 1. The van der Waals surface area contributed by atoms with Gasteiger partial charge in [0, 0.05) is 18.7 Å². The smallest absolute Gasteiger partial charge is 0.415 e. The molecule has 4 heterocycles. The fourth-order valence-corrected chi connectivity index (χ4v) is 3.71. The van der Waals surface area contributed by atoms with Gasteiger partial charge in [-0.05, 0) is 29.0 Å². The molecule has 11 heteroatoms. The summed E-state index contributed by atoms with van der Waals surface area (Å²) in [7, 11) is 1.70. The van der Waals surface area contributed by atoms with Gasteiger partial charge in [-0.25, -0.2) is 4.79 Å². The Morgan fingerprint density at radius 2 is 2.10 bits per heavy atom. The third-order valence-electron chi connectivity index (χ3n) is 5.23. The number of pyridine rings is 1. The molecule has 2 aromatic heterocycles. The Morgan fingerprint density at radius 1 is 1.26 bits per heavy atom. The number of aromatic nitrogens is 5. The predicted molar refractivity (Wildman–Crippen MR) is 108 cm³/mol. The van der Waals surface area contributed by atoms with Crippen LogP contribution in [0.1, 0.15) is 6.92 Å². The number of tetrazole rings is 1. The van der Waals surface area contributed by atoms with E-state index in [1.807, 2.05) is 30.3 Å². The molecule has 31 heavy (non-hydrogen) atoms. The van der Waals surface area contributed by atoms with E-state index in [0.717, 1.165) is 11.1 Å². The van der Waals surface area contributed by atoms with Gasteiger partial charge >= 0.3 is 6.09 Å². The van der Waals surface area contributed by atoms with Crippen molar-refractivity contribution in [2.24, 2.45) is 7.05 Å². The fraction of sp³-hybridized carbons (Fsp3) is 0.300. The molecule has 2 atom stereocenters. The molecule has 2 amide bonds. The van der Waals surface area contributed by atoms with Gasteiger partial charge in [-0.3, -0.25) is 14.7 Å². The van der Waals surface area contributed by atoms with Crippen LogP contribution in [-0.4, -0.2) is 62.5 Å².